The molecular formula is C24H26Cl2N4O2S. The van der Waals surface area contributed by atoms with Crippen LogP contribution in [0.5, 0.6) is 5.75 Å². The van der Waals surface area contributed by atoms with Crippen molar-refractivity contribution < 1.29 is 9.53 Å². The highest BCUT2D eigenvalue weighted by atomic mass is 35.5. The van der Waals surface area contributed by atoms with Gasteiger partial charge in [0.25, 0.3) is 0 Å². The van der Waals surface area contributed by atoms with E-state index in [0.29, 0.717) is 39.2 Å². The fourth-order valence-electron chi connectivity index (χ4n) is 3.15. The van der Waals surface area contributed by atoms with Crippen LogP contribution in [0.3, 0.4) is 0 Å². The molecule has 0 aliphatic rings. The summed E-state index contributed by atoms with van der Waals surface area (Å²) in [6.07, 6.45) is 1.76. The molecule has 0 saturated carbocycles. The van der Waals surface area contributed by atoms with Gasteiger partial charge in [-0.1, -0.05) is 73.1 Å². The number of hydrogen-bond acceptors (Lipinski definition) is 5. The van der Waals surface area contributed by atoms with Crippen molar-refractivity contribution >= 4 is 46.6 Å². The predicted molar refractivity (Wildman–Crippen MR) is 136 cm³/mol. The first-order chi connectivity index (χ1) is 15.8. The number of benzene rings is 2. The van der Waals surface area contributed by atoms with Gasteiger partial charge in [-0.05, 0) is 42.2 Å². The van der Waals surface area contributed by atoms with Gasteiger partial charge in [0, 0.05) is 6.54 Å². The van der Waals surface area contributed by atoms with Gasteiger partial charge in [-0.15, -0.1) is 16.8 Å². The Bertz CT molecular complexity index is 1150. The van der Waals surface area contributed by atoms with Crippen molar-refractivity contribution in [2.75, 3.05) is 11.1 Å². The molecule has 9 heteroatoms. The number of nitrogens with zero attached hydrogens (tertiary/aromatic N) is 3. The summed E-state index contributed by atoms with van der Waals surface area (Å²) in [7, 11) is 0. The minimum absolute atomic E-state index is 0.133. The van der Waals surface area contributed by atoms with Crippen LogP contribution in [0.4, 0.5) is 5.69 Å². The number of aryl methyl sites for hydroxylation is 1. The molecule has 3 aromatic rings. The van der Waals surface area contributed by atoms with Gasteiger partial charge in [-0.3, -0.25) is 9.36 Å². The first kappa shape index (κ1) is 25.1. The maximum Gasteiger partial charge on any atom is 0.234 e. The maximum absolute atomic E-state index is 12.4. The van der Waals surface area contributed by atoms with Crippen molar-refractivity contribution in [3.63, 3.8) is 0 Å². The smallest absolute Gasteiger partial charge is 0.234 e. The van der Waals surface area contributed by atoms with Crippen molar-refractivity contribution in [1.29, 1.82) is 0 Å². The normalized spacial score (nSPS) is 11.0. The number of hydrogen-bond donors (Lipinski definition) is 1. The number of allylic oxidation sites excluding steroid dienone is 1. The Labute approximate surface area is 208 Å². The number of aromatic nitrogens is 3. The Morgan fingerprint density at radius 1 is 1.27 bits per heavy atom. The van der Waals surface area contributed by atoms with E-state index in [1.807, 2.05) is 17.6 Å². The highest BCUT2D eigenvalue weighted by molar-refractivity contribution is 7.99. The molecule has 1 amide bonds. The Morgan fingerprint density at radius 2 is 2.06 bits per heavy atom. The van der Waals surface area contributed by atoms with Gasteiger partial charge in [0.15, 0.2) is 11.0 Å². The highest BCUT2D eigenvalue weighted by Crippen LogP contribution is 2.30. The second-order valence-electron chi connectivity index (χ2n) is 7.72. The van der Waals surface area contributed by atoms with Crippen molar-refractivity contribution in [3.05, 3.63) is 76.0 Å². The molecule has 0 fully saturated rings. The van der Waals surface area contributed by atoms with Crippen LogP contribution in [0.25, 0.3) is 0 Å². The van der Waals surface area contributed by atoms with Crippen molar-refractivity contribution in [2.45, 2.75) is 45.0 Å². The van der Waals surface area contributed by atoms with E-state index in [1.54, 1.807) is 24.3 Å². The number of carbonyl (C=O) groups excluding carboxylic acids is 1. The van der Waals surface area contributed by atoms with Gasteiger partial charge in [-0.25, -0.2) is 0 Å². The molecule has 0 aliphatic heterocycles. The second-order valence-corrected chi connectivity index (χ2v) is 9.45. The molecule has 1 heterocycles. The van der Waals surface area contributed by atoms with Gasteiger partial charge in [0.05, 0.1) is 21.5 Å². The van der Waals surface area contributed by atoms with Crippen LogP contribution in [-0.4, -0.2) is 26.4 Å². The summed E-state index contributed by atoms with van der Waals surface area (Å²) in [5.74, 6) is 1.74. The van der Waals surface area contributed by atoms with Crippen molar-refractivity contribution in [3.8, 4) is 5.75 Å². The number of ether oxygens (including phenoxy) is 1. The van der Waals surface area contributed by atoms with Crippen LogP contribution >= 0.6 is 35.0 Å². The topological polar surface area (TPSA) is 69.0 Å². The SMILES string of the molecule is C=CCn1c(COc2cc(C)ccc2C(C)C)nnc1SCC(=O)Nc1cccc(Cl)c1Cl. The van der Waals surface area contributed by atoms with Gasteiger partial charge < -0.3 is 10.1 Å². The molecule has 0 saturated heterocycles. The lowest BCUT2D eigenvalue weighted by Crippen LogP contribution is -2.15. The first-order valence-electron chi connectivity index (χ1n) is 10.4. The molecule has 0 unspecified atom stereocenters. The van der Waals surface area contributed by atoms with Crippen LogP contribution in [-0.2, 0) is 17.9 Å². The summed E-state index contributed by atoms with van der Waals surface area (Å²) in [4.78, 5) is 12.4. The third-order valence-electron chi connectivity index (χ3n) is 4.81. The molecule has 0 atom stereocenters. The molecule has 2 aromatic carbocycles. The summed E-state index contributed by atoms with van der Waals surface area (Å²) in [5, 5.41) is 12.6. The number of amides is 1. The van der Waals surface area contributed by atoms with E-state index < -0.39 is 0 Å². The molecule has 1 aromatic heterocycles. The first-order valence-corrected chi connectivity index (χ1v) is 12.2. The molecule has 0 bridgehead atoms. The lowest BCUT2D eigenvalue weighted by molar-refractivity contribution is -0.113. The van der Waals surface area contributed by atoms with E-state index in [4.69, 9.17) is 27.9 Å². The zero-order valence-corrected chi connectivity index (χ0v) is 21.1. The zero-order valence-electron chi connectivity index (χ0n) is 18.8. The predicted octanol–water partition coefficient (Wildman–Crippen LogP) is 6.51. The molecule has 0 radical (unpaired) electrons. The lowest BCUT2D eigenvalue weighted by atomic mass is 10.0. The van der Waals surface area contributed by atoms with E-state index in [2.05, 4.69) is 48.1 Å². The molecule has 3 rings (SSSR count). The molecule has 0 spiro atoms. The third kappa shape index (κ3) is 6.53. The standard InChI is InChI=1S/C24H26Cl2N4O2S/c1-5-11-30-21(13-32-20-12-16(4)9-10-17(20)15(2)3)28-29-24(30)33-14-22(31)27-19-8-6-7-18(25)23(19)26/h5-10,12,15H,1,11,13-14H2,2-4H3,(H,27,31). The fourth-order valence-corrected chi connectivity index (χ4v) is 4.26. The van der Waals surface area contributed by atoms with Gasteiger partial charge in [-0.2, -0.15) is 0 Å². The second kappa shape index (κ2) is 11.6. The van der Waals surface area contributed by atoms with E-state index in [0.717, 1.165) is 16.9 Å². The molecular weight excluding hydrogens is 479 g/mol. The molecule has 6 nitrogen and oxygen atoms in total. The van der Waals surface area contributed by atoms with Crippen molar-refractivity contribution in [2.24, 2.45) is 0 Å². The van der Waals surface area contributed by atoms with Crippen LogP contribution in [0.1, 0.15) is 36.7 Å². The Hall–Kier alpha value is -2.48. The monoisotopic (exact) mass is 504 g/mol. The molecule has 0 aliphatic carbocycles. The molecule has 33 heavy (non-hydrogen) atoms. The summed E-state index contributed by atoms with van der Waals surface area (Å²) in [6, 6.07) is 11.3. The Kier molecular flexibility index (Phi) is 8.83. The Morgan fingerprint density at radius 3 is 2.79 bits per heavy atom. The van der Waals surface area contributed by atoms with E-state index >= 15 is 0 Å². The number of halogens is 2. The minimum atomic E-state index is -0.226. The number of carbonyl (C=O) groups is 1. The average Bonchev–Trinajstić information content (AvgIpc) is 3.15. The largest absolute Gasteiger partial charge is 0.485 e. The van der Waals surface area contributed by atoms with Gasteiger partial charge in [0.2, 0.25) is 5.91 Å². The maximum atomic E-state index is 12.4. The molecule has 174 valence electrons. The van der Waals surface area contributed by atoms with Crippen molar-refractivity contribution in [1.82, 2.24) is 14.8 Å². The minimum Gasteiger partial charge on any atom is -0.485 e. The highest BCUT2D eigenvalue weighted by Gasteiger charge is 2.16. The van der Waals surface area contributed by atoms with Crippen LogP contribution < -0.4 is 10.1 Å². The lowest BCUT2D eigenvalue weighted by Gasteiger charge is -2.15. The van der Waals surface area contributed by atoms with Gasteiger partial charge >= 0.3 is 0 Å². The average molecular weight is 505 g/mol. The Balaban J connectivity index is 1.68. The third-order valence-corrected chi connectivity index (χ3v) is 6.60. The van der Waals surface area contributed by atoms with Gasteiger partial charge in [0.1, 0.15) is 12.4 Å². The summed E-state index contributed by atoms with van der Waals surface area (Å²) < 4.78 is 8.01. The molecule has 1 N–H and O–H groups in total. The van der Waals surface area contributed by atoms with E-state index in [9.17, 15) is 4.79 Å². The summed E-state index contributed by atoms with van der Waals surface area (Å²) >= 11 is 13.4. The van der Waals surface area contributed by atoms with Crippen LogP contribution in [0.15, 0.2) is 54.2 Å². The summed E-state index contributed by atoms with van der Waals surface area (Å²) in [5.41, 5.74) is 2.74. The zero-order chi connectivity index (χ0) is 24.0. The summed E-state index contributed by atoms with van der Waals surface area (Å²) in [6.45, 7) is 10.9. The van der Waals surface area contributed by atoms with Crippen LogP contribution in [0.2, 0.25) is 10.0 Å². The van der Waals surface area contributed by atoms with Crippen LogP contribution in [0, 0.1) is 6.92 Å². The number of rotatable bonds is 10. The number of nitrogens with one attached hydrogen (secondary N) is 1. The quantitative estimate of drug-likeness (QED) is 0.251. The number of anilines is 1. The van der Waals surface area contributed by atoms with E-state index in [1.165, 1.54) is 11.8 Å². The fraction of sp³-hybridized carbons (Fsp3) is 0.292. The van der Waals surface area contributed by atoms with E-state index in [-0.39, 0.29) is 18.3 Å². The number of thioether (sulfide) groups is 1.